The van der Waals surface area contributed by atoms with Gasteiger partial charge in [0.2, 0.25) is 12.7 Å². The highest BCUT2D eigenvalue weighted by Crippen LogP contribution is 2.47. The number of benzene rings is 3. The molecule has 0 saturated carbocycles. The van der Waals surface area contributed by atoms with Crippen molar-refractivity contribution in [3.05, 3.63) is 83.4 Å². The van der Waals surface area contributed by atoms with Crippen molar-refractivity contribution < 1.29 is 28.9 Å². The average molecular weight is 531 g/mol. The highest BCUT2D eigenvalue weighted by Gasteiger charge is 2.48. The second-order valence-electron chi connectivity index (χ2n) is 10.2. The molecule has 0 aliphatic carbocycles. The van der Waals surface area contributed by atoms with Crippen LogP contribution in [-0.4, -0.2) is 48.9 Å². The summed E-state index contributed by atoms with van der Waals surface area (Å²) in [6, 6.07) is 20.3. The van der Waals surface area contributed by atoms with E-state index >= 15 is 0 Å². The summed E-state index contributed by atoms with van der Waals surface area (Å²) in [6.45, 7) is 4.85. The van der Waals surface area contributed by atoms with E-state index in [4.69, 9.17) is 14.2 Å². The van der Waals surface area contributed by atoms with Crippen LogP contribution >= 0.6 is 0 Å². The zero-order chi connectivity index (χ0) is 27.5. The molecule has 3 aromatic rings. The zero-order valence-electron chi connectivity index (χ0n) is 22.4. The summed E-state index contributed by atoms with van der Waals surface area (Å²) < 4.78 is 16.3. The van der Waals surface area contributed by atoms with E-state index in [-0.39, 0.29) is 25.2 Å². The van der Waals surface area contributed by atoms with Crippen LogP contribution in [0.3, 0.4) is 0 Å². The number of carboxylic acid groups (broad SMARTS) is 1. The molecule has 1 amide bonds. The Balaban J connectivity index is 1.47. The number of carbonyl (C=O) groups excluding carboxylic acids is 1. The molecule has 4 unspecified atom stereocenters. The smallest absolute Gasteiger partial charge is 0.309 e. The van der Waals surface area contributed by atoms with Crippen LogP contribution in [0.2, 0.25) is 0 Å². The van der Waals surface area contributed by atoms with Gasteiger partial charge < -0.3 is 24.6 Å². The van der Waals surface area contributed by atoms with Gasteiger partial charge in [0.05, 0.1) is 19.6 Å². The molecule has 0 radical (unpaired) electrons. The Morgan fingerprint density at radius 2 is 1.77 bits per heavy atom. The lowest BCUT2D eigenvalue weighted by molar-refractivity contribution is -0.143. The standard InChI is InChI=1S/C31H34N2O6/c1-4-19(2)23-7-5-6-8-25(23)32-28(34)17-33-16-24(21-11-14-26-27(15-21)39-18-38-26)29(31(35)36)30(33)20-9-12-22(37-3)13-10-20/h5-15,19,24,29-30H,4,16-18H2,1-3H3,(H,32,34)(H,35,36). The van der Waals surface area contributed by atoms with Gasteiger partial charge in [0.25, 0.3) is 0 Å². The molecule has 1 saturated heterocycles. The van der Waals surface area contributed by atoms with Crippen LogP contribution in [0.5, 0.6) is 17.2 Å². The van der Waals surface area contributed by atoms with E-state index in [0.29, 0.717) is 29.7 Å². The van der Waals surface area contributed by atoms with Crippen LogP contribution in [0.1, 0.15) is 54.8 Å². The molecule has 0 spiro atoms. The van der Waals surface area contributed by atoms with Gasteiger partial charge in [0, 0.05) is 24.2 Å². The van der Waals surface area contributed by atoms with Crippen LogP contribution in [0.4, 0.5) is 5.69 Å². The molecule has 2 N–H and O–H groups in total. The van der Waals surface area contributed by atoms with Gasteiger partial charge in [-0.1, -0.05) is 50.2 Å². The Bertz CT molecular complexity index is 1340. The van der Waals surface area contributed by atoms with Gasteiger partial charge in [-0.2, -0.15) is 0 Å². The Labute approximate surface area is 228 Å². The molecule has 2 aliphatic rings. The number of nitrogens with one attached hydrogen (secondary N) is 1. The predicted molar refractivity (Wildman–Crippen MR) is 148 cm³/mol. The lowest BCUT2D eigenvalue weighted by Crippen LogP contribution is -2.35. The molecule has 5 rings (SSSR count). The van der Waals surface area contributed by atoms with Gasteiger partial charge in [0.15, 0.2) is 11.5 Å². The van der Waals surface area contributed by atoms with Gasteiger partial charge in [-0.05, 0) is 59.4 Å². The summed E-state index contributed by atoms with van der Waals surface area (Å²) in [5, 5.41) is 13.6. The number of fused-ring (bicyclic) bond motifs is 1. The number of anilines is 1. The number of carboxylic acids is 1. The maximum Gasteiger partial charge on any atom is 0.309 e. The third-order valence-electron chi connectivity index (χ3n) is 7.89. The molecular formula is C31H34N2O6. The number of amides is 1. The third kappa shape index (κ3) is 5.43. The third-order valence-corrected chi connectivity index (χ3v) is 7.89. The highest BCUT2D eigenvalue weighted by molar-refractivity contribution is 5.93. The first kappa shape index (κ1) is 26.6. The fourth-order valence-electron chi connectivity index (χ4n) is 5.71. The second kappa shape index (κ2) is 11.4. The quantitative estimate of drug-likeness (QED) is 0.381. The summed E-state index contributed by atoms with van der Waals surface area (Å²) in [5.74, 6) is 0.00234. The number of hydrogen-bond acceptors (Lipinski definition) is 6. The normalized spacial score (nSPS) is 20.9. The number of methoxy groups -OCH3 is 1. The Hall–Kier alpha value is -4.04. The minimum atomic E-state index is -0.913. The number of likely N-dealkylation sites (tertiary alicyclic amines) is 1. The molecular weight excluding hydrogens is 496 g/mol. The van der Waals surface area contributed by atoms with Crippen molar-refractivity contribution in [1.82, 2.24) is 4.90 Å². The SMILES string of the molecule is CCC(C)c1ccccc1NC(=O)CN1CC(c2ccc3c(c2)OCO3)C(C(=O)O)C1c1ccc(OC)cc1. The van der Waals surface area contributed by atoms with E-state index in [0.717, 1.165) is 28.8 Å². The summed E-state index contributed by atoms with van der Waals surface area (Å²) in [5.41, 5.74) is 3.54. The summed E-state index contributed by atoms with van der Waals surface area (Å²) >= 11 is 0. The number of ether oxygens (including phenoxy) is 3. The Morgan fingerprint density at radius 3 is 2.49 bits per heavy atom. The van der Waals surface area contributed by atoms with E-state index in [2.05, 4.69) is 19.2 Å². The molecule has 2 aliphatic heterocycles. The Kier molecular flexibility index (Phi) is 7.74. The maximum absolute atomic E-state index is 13.4. The lowest BCUT2D eigenvalue weighted by atomic mass is 9.82. The first-order valence-corrected chi connectivity index (χ1v) is 13.3. The van der Waals surface area contributed by atoms with E-state index in [1.54, 1.807) is 7.11 Å². The van der Waals surface area contributed by atoms with Crippen LogP contribution in [0, 0.1) is 5.92 Å². The van der Waals surface area contributed by atoms with Crippen molar-refractivity contribution in [2.75, 3.05) is 32.3 Å². The summed E-state index contributed by atoms with van der Waals surface area (Å²) in [6.07, 6.45) is 0.954. The van der Waals surface area contributed by atoms with Crippen molar-refractivity contribution in [3.8, 4) is 17.2 Å². The van der Waals surface area contributed by atoms with Crippen molar-refractivity contribution in [2.45, 2.75) is 38.1 Å². The van der Waals surface area contributed by atoms with Gasteiger partial charge >= 0.3 is 5.97 Å². The van der Waals surface area contributed by atoms with Gasteiger partial charge in [0.1, 0.15) is 5.75 Å². The van der Waals surface area contributed by atoms with Crippen LogP contribution in [0.15, 0.2) is 66.7 Å². The molecule has 0 bridgehead atoms. The molecule has 204 valence electrons. The fraction of sp³-hybridized carbons (Fsp3) is 0.355. The Morgan fingerprint density at radius 1 is 1.05 bits per heavy atom. The molecule has 39 heavy (non-hydrogen) atoms. The number of para-hydroxylation sites is 1. The van der Waals surface area contributed by atoms with Crippen molar-refractivity contribution >= 4 is 17.6 Å². The fourth-order valence-corrected chi connectivity index (χ4v) is 5.71. The van der Waals surface area contributed by atoms with Gasteiger partial charge in [-0.25, -0.2) is 0 Å². The van der Waals surface area contributed by atoms with Crippen molar-refractivity contribution in [1.29, 1.82) is 0 Å². The summed E-state index contributed by atoms with van der Waals surface area (Å²) in [7, 11) is 1.59. The molecule has 0 aromatic heterocycles. The van der Waals surface area contributed by atoms with E-state index in [1.807, 2.05) is 71.6 Å². The number of rotatable bonds is 9. The number of hydrogen-bond donors (Lipinski definition) is 2. The molecule has 4 atom stereocenters. The highest BCUT2D eigenvalue weighted by atomic mass is 16.7. The van der Waals surface area contributed by atoms with E-state index in [1.165, 1.54) is 0 Å². The summed E-state index contributed by atoms with van der Waals surface area (Å²) in [4.78, 5) is 28.2. The minimum Gasteiger partial charge on any atom is -0.497 e. The van der Waals surface area contributed by atoms with Crippen LogP contribution < -0.4 is 19.5 Å². The molecule has 2 heterocycles. The van der Waals surface area contributed by atoms with Crippen LogP contribution in [0.25, 0.3) is 0 Å². The van der Waals surface area contributed by atoms with Gasteiger partial charge in [-0.15, -0.1) is 0 Å². The molecule has 8 heteroatoms. The number of nitrogens with zero attached hydrogens (tertiary/aromatic N) is 1. The van der Waals surface area contributed by atoms with Crippen molar-refractivity contribution in [2.24, 2.45) is 5.92 Å². The second-order valence-corrected chi connectivity index (χ2v) is 10.2. The van der Waals surface area contributed by atoms with Crippen LogP contribution in [-0.2, 0) is 9.59 Å². The first-order chi connectivity index (χ1) is 18.9. The monoisotopic (exact) mass is 530 g/mol. The predicted octanol–water partition coefficient (Wildman–Crippen LogP) is 5.42. The van der Waals surface area contributed by atoms with Gasteiger partial charge in [-0.3, -0.25) is 14.5 Å². The minimum absolute atomic E-state index is 0.0520. The first-order valence-electron chi connectivity index (χ1n) is 13.3. The number of aliphatic carboxylic acids is 1. The zero-order valence-corrected chi connectivity index (χ0v) is 22.4. The topological polar surface area (TPSA) is 97.3 Å². The van der Waals surface area contributed by atoms with E-state index < -0.39 is 17.9 Å². The molecule has 8 nitrogen and oxygen atoms in total. The van der Waals surface area contributed by atoms with E-state index in [9.17, 15) is 14.7 Å². The maximum atomic E-state index is 13.4. The largest absolute Gasteiger partial charge is 0.497 e. The van der Waals surface area contributed by atoms with Crippen molar-refractivity contribution in [3.63, 3.8) is 0 Å². The lowest BCUT2D eigenvalue weighted by Gasteiger charge is -2.27. The molecule has 1 fully saturated rings. The average Bonchev–Trinajstić information content (AvgIpc) is 3.57. The molecule has 3 aromatic carbocycles. The number of carbonyl (C=O) groups is 2.